The summed E-state index contributed by atoms with van der Waals surface area (Å²) in [7, 11) is 0. The van der Waals surface area contributed by atoms with Crippen LogP contribution in [0.2, 0.25) is 5.02 Å². The van der Waals surface area contributed by atoms with Gasteiger partial charge >= 0.3 is 0 Å². The summed E-state index contributed by atoms with van der Waals surface area (Å²) in [5.74, 6) is 0.230. The first-order chi connectivity index (χ1) is 10.8. The van der Waals surface area contributed by atoms with Crippen molar-refractivity contribution >= 4 is 29.1 Å². The van der Waals surface area contributed by atoms with Crippen LogP contribution in [0.5, 0.6) is 0 Å². The summed E-state index contributed by atoms with van der Waals surface area (Å²) in [5, 5.41) is 9.14. The van der Waals surface area contributed by atoms with Gasteiger partial charge in [0.1, 0.15) is 6.33 Å². The molecular weight excluding hydrogens is 318 g/mol. The maximum atomic E-state index is 12.2. The van der Waals surface area contributed by atoms with Gasteiger partial charge in [0.05, 0.1) is 10.8 Å². The lowest BCUT2D eigenvalue weighted by molar-refractivity contribution is 0.102. The van der Waals surface area contributed by atoms with Crippen molar-refractivity contribution in [1.29, 1.82) is 0 Å². The number of carbonyl (C=O) groups excluding carboxylic acids is 1. The zero-order valence-electron chi connectivity index (χ0n) is 11.5. The Morgan fingerprint density at radius 3 is 2.59 bits per heavy atom. The van der Waals surface area contributed by atoms with Gasteiger partial charge in [0.25, 0.3) is 0 Å². The molecule has 2 aromatic carbocycles. The van der Waals surface area contributed by atoms with Crippen LogP contribution in [-0.4, -0.2) is 26.3 Å². The van der Waals surface area contributed by atoms with Crippen LogP contribution in [0.4, 0.5) is 0 Å². The number of thioether (sulfide) groups is 1. The summed E-state index contributed by atoms with van der Waals surface area (Å²) in [4.78, 5) is 12.2. The number of ketones is 1. The van der Waals surface area contributed by atoms with Gasteiger partial charge in [-0.15, -0.1) is 10.2 Å². The number of halogens is 1. The van der Waals surface area contributed by atoms with Crippen LogP contribution < -0.4 is 0 Å². The van der Waals surface area contributed by atoms with Crippen molar-refractivity contribution < 1.29 is 4.79 Å². The van der Waals surface area contributed by atoms with Gasteiger partial charge in [-0.25, -0.2) is 0 Å². The number of para-hydroxylation sites is 1. The largest absolute Gasteiger partial charge is 0.293 e. The predicted octanol–water partition coefficient (Wildman–Crippen LogP) is 3.90. The Morgan fingerprint density at radius 2 is 1.82 bits per heavy atom. The van der Waals surface area contributed by atoms with Crippen LogP contribution >= 0.6 is 23.4 Å². The molecule has 3 aromatic rings. The summed E-state index contributed by atoms with van der Waals surface area (Å²) < 4.78 is 1.85. The second-order valence-electron chi connectivity index (χ2n) is 4.51. The molecule has 6 heteroatoms. The van der Waals surface area contributed by atoms with Gasteiger partial charge in [0, 0.05) is 11.3 Å². The van der Waals surface area contributed by atoms with Crippen molar-refractivity contribution in [1.82, 2.24) is 14.8 Å². The molecule has 0 fully saturated rings. The highest BCUT2D eigenvalue weighted by molar-refractivity contribution is 7.99. The molecule has 0 atom stereocenters. The van der Waals surface area contributed by atoms with E-state index < -0.39 is 0 Å². The Bertz CT molecular complexity index is 789. The molecule has 0 saturated heterocycles. The molecule has 0 unspecified atom stereocenters. The van der Waals surface area contributed by atoms with E-state index in [9.17, 15) is 4.79 Å². The van der Waals surface area contributed by atoms with E-state index in [1.165, 1.54) is 11.8 Å². The molecule has 0 spiro atoms. The fraction of sp³-hybridized carbons (Fsp3) is 0.0625. The first-order valence-corrected chi connectivity index (χ1v) is 7.98. The number of carbonyl (C=O) groups is 1. The van der Waals surface area contributed by atoms with Crippen LogP contribution in [0, 0.1) is 0 Å². The van der Waals surface area contributed by atoms with Crippen molar-refractivity contribution in [3.8, 4) is 5.69 Å². The molecular formula is C16H12ClN3OS. The minimum absolute atomic E-state index is 0.0294. The van der Waals surface area contributed by atoms with Crippen LogP contribution in [-0.2, 0) is 0 Å². The minimum atomic E-state index is -0.0294. The molecule has 0 radical (unpaired) electrons. The van der Waals surface area contributed by atoms with E-state index in [1.54, 1.807) is 30.6 Å². The molecule has 1 aromatic heterocycles. The molecule has 0 N–H and O–H groups in total. The summed E-state index contributed by atoms with van der Waals surface area (Å²) >= 11 is 7.38. The SMILES string of the molecule is O=C(CSc1nncn1-c1ccccc1)c1ccccc1Cl. The van der Waals surface area contributed by atoms with Crippen LogP contribution in [0.1, 0.15) is 10.4 Å². The van der Waals surface area contributed by atoms with E-state index in [1.807, 2.05) is 34.9 Å². The monoisotopic (exact) mass is 329 g/mol. The number of hydrogen-bond acceptors (Lipinski definition) is 4. The lowest BCUT2D eigenvalue weighted by Gasteiger charge is -2.06. The van der Waals surface area contributed by atoms with Gasteiger partial charge in [0.15, 0.2) is 10.9 Å². The van der Waals surface area contributed by atoms with Crippen molar-refractivity contribution in [2.45, 2.75) is 5.16 Å². The van der Waals surface area contributed by atoms with Gasteiger partial charge in [-0.1, -0.05) is 53.7 Å². The highest BCUT2D eigenvalue weighted by Gasteiger charge is 2.13. The van der Waals surface area contributed by atoms with E-state index in [4.69, 9.17) is 11.6 Å². The molecule has 3 rings (SSSR count). The third kappa shape index (κ3) is 3.21. The number of rotatable bonds is 5. The number of Topliss-reactive ketones (excluding diaryl/α,β-unsaturated/α-hetero) is 1. The van der Waals surface area contributed by atoms with Gasteiger partial charge in [-0.05, 0) is 24.3 Å². The topological polar surface area (TPSA) is 47.8 Å². The molecule has 0 aliphatic heterocycles. The average Bonchev–Trinajstić information content (AvgIpc) is 3.02. The summed E-state index contributed by atoms with van der Waals surface area (Å²) in [6, 6.07) is 16.8. The number of aromatic nitrogens is 3. The summed E-state index contributed by atoms with van der Waals surface area (Å²) in [6.45, 7) is 0. The first-order valence-electron chi connectivity index (χ1n) is 6.61. The quantitative estimate of drug-likeness (QED) is 0.526. The van der Waals surface area contributed by atoms with Gasteiger partial charge in [-0.2, -0.15) is 0 Å². The molecule has 0 aliphatic carbocycles. The van der Waals surface area contributed by atoms with Crippen LogP contribution in [0.25, 0.3) is 5.69 Å². The van der Waals surface area contributed by atoms with Crippen molar-refractivity contribution in [2.24, 2.45) is 0 Å². The smallest absolute Gasteiger partial charge is 0.196 e. The van der Waals surface area contributed by atoms with Crippen molar-refractivity contribution in [3.05, 3.63) is 71.5 Å². The molecule has 0 saturated carbocycles. The van der Waals surface area contributed by atoms with Crippen molar-refractivity contribution in [2.75, 3.05) is 5.75 Å². The molecule has 0 aliphatic rings. The highest BCUT2D eigenvalue weighted by Crippen LogP contribution is 2.22. The molecule has 4 nitrogen and oxygen atoms in total. The van der Waals surface area contributed by atoms with Gasteiger partial charge < -0.3 is 0 Å². The van der Waals surface area contributed by atoms with Gasteiger partial charge in [0.2, 0.25) is 0 Å². The normalized spacial score (nSPS) is 10.6. The second-order valence-corrected chi connectivity index (χ2v) is 5.86. The van der Waals surface area contributed by atoms with E-state index in [2.05, 4.69) is 10.2 Å². The fourth-order valence-electron chi connectivity index (χ4n) is 1.98. The van der Waals surface area contributed by atoms with E-state index >= 15 is 0 Å². The average molecular weight is 330 g/mol. The van der Waals surface area contributed by atoms with Gasteiger partial charge in [-0.3, -0.25) is 9.36 Å². The molecule has 22 heavy (non-hydrogen) atoms. The molecule has 1 heterocycles. The van der Waals surface area contributed by atoms with Crippen LogP contribution in [0.3, 0.4) is 0 Å². The molecule has 110 valence electrons. The zero-order chi connectivity index (χ0) is 15.4. The second kappa shape index (κ2) is 6.77. The third-order valence-electron chi connectivity index (χ3n) is 3.06. The molecule has 0 bridgehead atoms. The Kier molecular flexibility index (Phi) is 4.56. The Labute approximate surface area is 137 Å². The summed E-state index contributed by atoms with van der Waals surface area (Å²) in [6.07, 6.45) is 1.64. The Morgan fingerprint density at radius 1 is 1.09 bits per heavy atom. The highest BCUT2D eigenvalue weighted by atomic mass is 35.5. The fourth-order valence-corrected chi connectivity index (χ4v) is 3.04. The number of benzene rings is 2. The molecule has 0 amide bonds. The zero-order valence-corrected chi connectivity index (χ0v) is 13.1. The number of hydrogen-bond donors (Lipinski definition) is 0. The standard InChI is InChI=1S/C16H12ClN3OS/c17-14-9-5-4-8-13(14)15(21)10-22-16-19-18-11-20(16)12-6-2-1-3-7-12/h1-9,11H,10H2. The van der Waals surface area contributed by atoms with E-state index in [-0.39, 0.29) is 11.5 Å². The minimum Gasteiger partial charge on any atom is -0.293 e. The number of nitrogens with zero attached hydrogens (tertiary/aromatic N) is 3. The predicted molar refractivity (Wildman–Crippen MR) is 87.9 cm³/mol. The summed E-state index contributed by atoms with van der Waals surface area (Å²) in [5.41, 5.74) is 1.49. The first kappa shape index (κ1) is 14.8. The van der Waals surface area contributed by atoms with Crippen molar-refractivity contribution in [3.63, 3.8) is 0 Å². The third-order valence-corrected chi connectivity index (χ3v) is 4.33. The maximum absolute atomic E-state index is 12.2. The van der Waals surface area contributed by atoms with Crippen LogP contribution in [0.15, 0.2) is 66.1 Å². The van der Waals surface area contributed by atoms with E-state index in [0.29, 0.717) is 15.7 Å². The maximum Gasteiger partial charge on any atom is 0.196 e. The lowest BCUT2D eigenvalue weighted by Crippen LogP contribution is -2.04. The Hall–Kier alpha value is -2.11. The lowest BCUT2D eigenvalue weighted by atomic mass is 10.1. The van der Waals surface area contributed by atoms with E-state index in [0.717, 1.165) is 5.69 Å². The Balaban J connectivity index is 1.75.